The molecule has 0 unspecified atom stereocenters. The number of aromatic nitrogens is 2. The summed E-state index contributed by atoms with van der Waals surface area (Å²) in [6, 6.07) is 5.32. The molecule has 0 saturated heterocycles. The first-order valence-electron chi connectivity index (χ1n) is 11.6. The zero-order valence-corrected chi connectivity index (χ0v) is 21.1. The molecule has 1 atom stereocenters. The van der Waals surface area contributed by atoms with Gasteiger partial charge in [0.15, 0.2) is 13.2 Å². The van der Waals surface area contributed by atoms with E-state index in [4.69, 9.17) is 30.5 Å². The molecule has 0 aliphatic heterocycles. The third-order valence-electron chi connectivity index (χ3n) is 6.78. The van der Waals surface area contributed by atoms with E-state index in [9.17, 15) is 19.1 Å². The number of rotatable bonds is 10. The Bertz CT molecular complexity index is 1140. The largest absolute Gasteiger partial charge is 0.484 e. The van der Waals surface area contributed by atoms with E-state index in [-0.39, 0.29) is 54.1 Å². The van der Waals surface area contributed by atoms with Crippen molar-refractivity contribution in [3.05, 3.63) is 35.1 Å². The van der Waals surface area contributed by atoms with Crippen molar-refractivity contribution in [3.8, 4) is 23.5 Å². The Morgan fingerprint density at radius 3 is 2.24 bits per heavy atom. The minimum absolute atomic E-state index is 0.0370. The van der Waals surface area contributed by atoms with Crippen LogP contribution in [0.1, 0.15) is 32.1 Å². The predicted molar refractivity (Wildman–Crippen MR) is 128 cm³/mol. The van der Waals surface area contributed by atoms with Gasteiger partial charge in [0.1, 0.15) is 11.6 Å². The molecule has 37 heavy (non-hydrogen) atoms. The average Bonchev–Trinajstić information content (AvgIpc) is 2.89. The molecule has 0 radical (unpaired) electrons. The Balaban J connectivity index is 1.28. The van der Waals surface area contributed by atoms with Gasteiger partial charge in [-0.15, -0.1) is 0 Å². The normalized spacial score (nSPS) is 24.2. The molecule has 3 aliphatic carbocycles. The maximum atomic E-state index is 13.6. The molecule has 13 heteroatoms. The molecule has 2 bridgehead atoms. The number of hydrogen-bond acceptors (Lipinski definition) is 9. The summed E-state index contributed by atoms with van der Waals surface area (Å²) in [5.41, 5.74) is -1.43. The summed E-state index contributed by atoms with van der Waals surface area (Å²) in [6.07, 6.45) is 1.44. The second-order valence-electron chi connectivity index (χ2n) is 9.14. The van der Waals surface area contributed by atoms with Gasteiger partial charge >= 0.3 is 6.01 Å². The molecule has 200 valence electrons. The standard InChI is InChI=1S/C24H28ClFN4O7/c1-34-20-10-21(35-2)28-22(27-20)37-13-19(33)30-24-7-5-23(6-8-24,11-17(24)31)29-18(32)12-36-14-3-4-15(25)16(26)9-14/h3-4,9-10,17,31H,5-8,11-13H2,1-2H3,(H,29,32)(H,30,33)/t17-,23?,24?/m0/s1. The number of carbonyl (C=O) groups is 2. The summed E-state index contributed by atoms with van der Waals surface area (Å²) in [4.78, 5) is 33.2. The highest BCUT2D eigenvalue weighted by Gasteiger charge is 2.55. The zero-order chi connectivity index (χ0) is 26.6. The summed E-state index contributed by atoms with van der Waals surface area (Å²) in [7, 11) is 2.86. The van der Waals surface area contributed by atoms with Crippen LogP contribution >= 0.6 is 11.6 Å². The molecule has 0 spiro atoms. The summed E-state index contributed by atoms with van der Waals surface area (Å²) >= 11 is 5.66. The van der Waals surface area contributed by atoms with E-state index in [1.54, 1.807) is 0 Å². The number of benzene rings is 1. The Hall–Kier alpha value is -3.38. The number of aliphatic hydroxyl groups is 1. The van der Waals surface area contributed by atoms with E-state index in [0.717, 1.165) is 6.07 Å². The number of methoxy groups -OCH3 is 2. The van der Waals surface area contributed by atoms with E-state index >= 15 is 0 Å². The molecular weight excluding hydrogens is 511 g/mol. The third-order valence-corrected chi connectivity index (χ3v) is 7.09. The molecule has 3 aliphatic rings. The van der Waals surface area contributed by atoms with Crippen LogP contribution in [0, 0.1) is 5.82 Å². The van der Waals surface area contributed by atoms with Crippen LogP contribution in [0.5, 0.6) is 23.5 Å². The number of nitrogens with zero attached hydrogens (tertiary/aromatic N) is 2. The number of fused-ring (bicyclic) bond motifs is 3. The van der Waals surface area contributed by atoms with Crippen molar-refractivity contribution in [2.24, 2.45) is 0 Å². The van der Waals surface area contributed by atoms with Crippen LogP contribution in [0.4, 0.5) is 4.39 Å². The SMILES string of the molecule is COc1cc(OC)nc(OCC(=O)NC23CCC(NC(=O)COc4ccc(Cl)c(F)c4)(CC2)C[C@@H]3O)n1. The first-order valence-corrected chi connectivity index (χ1v) is 12.0. The molecule has 3 N–H and O–H groups in total. The number of hydrogen-bond donors (Lipinski definition) is 3. The smallest absolute Gasteiger partial charge is 0.323 e. The van der Waals surface area contributed by atoms with Crippen molar-refractivity contribution >= 4 is 23.4 Å². The van der Waals surface area contributed by atoms with Crippen molar-refractivity contribution in [3.63, 3.8) is 0 Å². The topological polar surface area (TPSA) is 141 Å². The van der Waals surface area contributed by atoms with E-state index in [0.29, 0.717) is 25.7 Å². The van der Waals surface area contributed by atoms with Crippen molar-refractivity contribution in [2.45, 2.75) is 49.3 Å². The van der Waals surface area contributed by atoms with Crippen LogP contribution in [0.3, 0.4) is 0 Å². The number of ether oxygens (including phenoxy) is 4. The molecule has 2 aromatic rings. The van der Waals surface area contributed by atoms with E-state index in [2.05, 4.69) is 20.6 Å². The lowest BCUT2D eigenvalue weighted by Gasteiger charge is -2.56. The van der Waals surface area contributed by atoms with Crippen LogP contribution in [0.25, 0.3) is 0 Å². The first-order chi connectivity index (χ1) is 17.7. The fourth-order valence-corrected chi connectivity index (χ4v) is 4.93. The summed E-state index contributed by atoms with van der Waals surface area (Å²) in [5.74, 6) is -0.835. The lowest BCUT2D eigenvalue weighted by molar-refractivity contribution is -0.137. The Kier molecular flexibility index (Phi) is 7.88. The zero-order valence-electron chi connectivity index (χ0n) is 20.4. The van der Waals surface area contributed by atoms with Gasteiger partial charge < -0.3 is 34.7 Å². The minimum Gasteiger partial charge on any atom is -0.484 e. The van der Waals surface area contributed by atoms with Crippen LogP contribution in [-0.4, -0.2) is 71.5 Å². The van der Waals surface area contributed by atoms with Gasteiger partial charge in [0, 0.05) is 11.6 Å². The summed E-state index contributed by atoms with van der Waals surface area (Å²) in [6.45, 7) is -0.676. The molecular formula is C24H28ClFN4O7. The van der Waals surface area contributed by atoms with Crippen molar-refractivity contribution < 1.29 is 38.0 Å². The molecule has 3 saturated carbocycles. The quantitative estimate of drug-likeness (QED) is 0.413. The maximum Gasteiger partial charge on any atom is 0.323 e. The first kappa shape index (κ1) is 26.7. The fraction of sp³-hybridized carbons (Fsp3) is 0.500. The highest BCUT2D eigenvalue weighted by molar-refractivity contribution is 6.30. The van der Waals surface area contributed by atoms with Crippen molar-refractivity contribution in [1.29, 1.82) is 0 Å². The molecule has 5 rings (SSSR count). The van der Waals surface area contributed by atoms with Crippen LogP contribution in [0.15, 0.2) is 24.3 Å². The van der Waals surface area contributed by atoms with Gasteiger partial charge in [-0.3, -0.25) is 9.59 Å². The van der Waals surface area contributed by atoms with Crippen molar-refractivity contribution in [2.75, 3.05) is 27.4 Å². The molecule has 1 aromatic carbocycles. The monoisotopic (exact) mass is 538 g/mol. The van der Waals surface area contributed by atoms with Crippen LogP contribution < -0.4 is 29.6 Å². The highest BCUT2D eigenvalue weighted by atomic mass is 35.5. The number of carbonyl (C=O) groups excluding carboxylic acids is 2. The van der Waals surface area contributed by atoms with Gasteiger partial charge in [-0.2, -0.15) is 9.97 Å². The van der Waals surface area contributed by atoms with E-state index < -0.39 is 28.9 Å². The predicted octanol–water partition coefficient (Wildman–Crippen LogP) is 1.79. The molecule has 2 amide bonds. The van der Waals surface area contributed by atoms with Gasteiger partial charge in [0.05, 0.1) is 37.0 Å². The average molecular weight is 539 g/mol. The van der Waals surface area contributed by atoms with Gasteiger partial charge in [0.2, 0.25) is 11.8 Å². The van der Waals surface area contributed by atoms with Crippen LogP contribution in [0.2, 0.25) is 5.02 Å². The summed E-state index contributed by atoms with van der Waals surface area (Å²) < 4.78 is 34.5. The summed E-state index contributed by atoms with van der Waals surface area (Å²) in [5, 5.41) is 16.7. The number of aliphatic hydroxyl groups excluding tert-OH is 1. The van der Waals surface area contributed by atoms with E-state index in [1.807, 2.05) is 0 Å². The molecule has 1 heterocycles. The lowest BCUT2D eigenvalue weighted by Crippen LogP contribution is -2.70. The van der Waals surface area contributed by atoms with Gasteiger partial charge in [-0.1, -0.05) is 11.6 Å². The van der Waals surface area contributed by atoms with Gasteiger partial charge in [0.25, 0.3) is 11.8 Å². The highest BCUT2D eigenvalue weighted by Crippen LogP contribution is 2.47. The lowest BCUT2D eigenvalue weighted by atomic mass is 9.60. The molecule has 1 aromatic heterocycles. The van der Waals surface area contributed by atoms with Crippen molar-refractivity contribution in [1.82, 2.24) is 20.6 Å². The number of nitrogens with one attached hydrogen (secondary N) is 2. The van der Waals surface area contributed by atoms with Gasteiger partial charge in [-0.05, 0) is 44.2 Å². The minimum atomic E-state index is -0.876. The Labute approximate surface area is 217 Å². The second-order valence-corrected chi connectivity index (χ2v) is 9.55. The van der Waals surface area contributed by atoms with Gasteiger partial charge in [-0.25, -0.2) is 4.39 Å². The van der Waals surface area contributed by atoms with Crippen LogP contribution in [-0.2, 0) is 9.59 Å². The number of halogens is 2. The Morgan fingerprint density at radius 1 is 1.03 bits per heavy atom. The third kappa shape index (κ3) is 6.13. The molecule has 3 fully saturated rings. The Morgan fingerprint density at radius 2 is 1.65 bits per heavy atom. The maximum absolute atomic E-state index is 13.6. The second kappa shape index (κ2) is 10.9. The molecule has 11 nitrogen and oxygen atoms in total. The van der Waals surface area contributed by atoms with E-state index in [1.165, 1.54) is 32.4 Å². The number of amides is 2. The fourth-order valence-electron chi connectivity index (χ4n) is 4.81.